The largest absolute Gasteiger partial charge is 0.313 e. The first-order valence-corrected chi connectivity index (χ1v) is 6.73. The van der Waals surface area contributed by atoms with Crippen LogP contribution < -0.4 is 10.9 Å². The second kappa shape index (κ2) is 6.90. The Bertz CT molecular complexity index is 454. The first-order valence-electron chi connectivity index (χ1n) is 5.65. The Morgan fingerprint density at radius 2 is 2.35 bits per heavy atom. The molecule has 0 unspecified atom stereocenters. The molecule has 0 saturated heterocycles. The highest BCUT2D eigenvalue weighted by Gasteiger charge is 2.06. The van der Waals surface area contributed by atoms with E-state index in [-0.39, 0.29) is 5.56 Å². The van der Waals surface area contributed by atoms with E-state index in [1.54, 1.807) is 10.8 Å². The number of rotatable bonds is 6. The predicted molar refractivity (Wildman–Crippen MR) is 78.3 cm³/mol. The molecular formula is C12H18IN3O. The van der Waals surface area contributed by atoms with Crippen molar-refractivity contribution in [3.8, 4) is 0 Å². The van der Waals surface area contributed by atoms with E-state index in [1.165, 1.54) is 0 Å². The Labute approximate surface area is 115 Å². The lowest BCUT2D eigenvalue weighted by Crippen LogP contribution is -2.28. The van der Waals surface area contributed by atoms with Gasteiger partial charge in [-0.1, -0.05) is 13.5 Å². The molecule has 1 aromatic heterocycles. The van der Waals surface area contributed by atoms with E-state index in [0.29, 0.717) is 10.1 Å². The van der Waals surface area contributed by atoms with Crippen molar-refractivity contribution in [2.45, 2.75) is 26.8 Å². The van der Waals surface area contributed by atoms with Gasteiger partial charge in [0.2, 0.25) is 0 Å². The molecule has 4 nitrogen and oxygen atoms in total. The number of aromatic nitrogens is 2. The van der Waals surface area contributed by atoms with Crippen LogP contribution in [0.25, 0.3) is 0 Å². The molecule has 1 N–H and O–H groups in total. The highest BCUT2D eigenvalue weighted by atomic mass is 127. The highest BCUT2D eigenvalue weighted by molar-refractivity contribution is 14.1. The van der Waals surface area contributed by atoms with Gasteiger partial charge in [0.25, 0.3) is 5.56 Å². The minimum atomic E-state index is 0.00902. The maximum absolute atomic E-state index is 11.9. The van der Waals surface area contributed by atoms with Crippen molar-refractivity contribution >= 4 is 22.6 Å². The Hall–Kier alpha value is -0.690. The molecule has 0 aliphatic rings. The highest BCUT2D eigenvalue weighted by Crippen LogP contribution is 2.00. The standard InChI is InChI=1S/C12H18IN3O/c1-4-5-14-6-9(2)8-16-10(3)15-7-11(13)12(16)17/h7,14H,2,4-6,8H2,1,3H3. The van der Waals surface area contributed by atoms with Crippen molar-refractivity contribution in [1.29, 1.82) is 0 Å². The minimum Gasteiger partial charge on any atom is -0.313 e. The molecule has 94 valence electrons. The van der Waals surface area contributed by atoms with Crippen LogP contribution in [0, 0.1) is 10.5 Å². The van der Waals surface area contributed by atoms with E-state index in [2.05, 4.69) is 23.8 Å². The summed E-state index contributed by atoms with van der Waals surface area (Å²) in [7, 11) is 0. The lowest BCUT2D eigenvalue weighted by Gasteiger charge is -2.12. The van der Waals surface area contributed by atoms with Crippen molar-refractivity contribution in [2.24, 2.45) is 0 Å². The monoisotopic (exact) mass is 347 g/mol. The molecule has 0 fully saturated rings. The van der Waals surface area contributed by atoms with Gasteiger partial charge in [0.1, 0.15) is 5.82 Å². The van der Waals surface area contributed by atoms with Gasteiger partial charge in [0, 0.05) is 19.3 Å². The second-order valence-electron chi connectivity index (χ2n) is 3.97. The zero-order valence-electron chi connectivity index (χ0n) is 10.3. The molecule has 0 aliphatic heterocycles. The maximum atomic E-state index is 11.9. The van der Waals surface area contributed by atoms with E-state index in [0.717, 1.165) is 30.9 Å². The molecule has 1 aromatic rings. The summed E-state index contributed by atoms with van der Waals surface area (Å²) >= 11 is 2.01. The molecule has 1 rings (SSSR count). The molecule has 0 aromatic carbocycles. The maximum Gasteiger partial charge on any atom is 0.267 e. The molecule has 0 aliphatic carbocycles. The number of halogens is 1. The summed E-state index contributed by atoms with van der Waals surface area (Å²) in [5, 5.41) is 3.27. The molecule has 1 heterocycles. The summed E-state index contributed by atoms with van der Waals surface area (Å²) in [5.74, 6) is 0.729. The first kappa shape index (κ1) is 14.4. The molecule has 0 amide bonds. The van der Waals surface area contributed by atoms with Gasteiger partial charge in [0.05, 0.1) is 3.57 Å². The summed E-state index contributed by atoms with van der Waals surface area (Å²) in [4.78, 5) is 16.1. The summed E-state index contributed by atoms with van der Waals surface area (Å²) in [6.45, 7) is 10.2. The normalized spacial score (nSPS) is 10.5. The SMILES string of the molecule is C=C(CNCCC)Cn1c(C)ncc(I)c1=O. The quantitative estimate of drug-likeness (QED) is 0.484. The Kier molecular flexibility index (Phi) is 5.84. The van der Waals surface area contributed by atoms with Crippen molar-refractivity contribution in [2.75, 3.05) is 13.1 Å². The molecular weight excluding hydrogens is 329 g/mol. The van der Waals surface area contributed by atoms with Crippen molar-refractivity contribution in [3.63, 3.8) is 0 Å². The lowest BCUT2D eigenvalue weighted by molar-refractivity contribution is 0.640. The predicted octanol–water partition coefficient (Wildman–Crippen LogP) is 1.71. The van der Waals surface area contributed by atoms with Crippen LogP contribution in [0.15, 0.2) is 23.1 Å². The number of nitrogens with one attached hydrogen (secondary N) is 1. The summed E-state index contributed by atoms with van der Waals surface area (Å²) in [6.07, 6.45) is 2.70. The van der Waals surface area contributed by atoms with Gasteiger partial charge in [-0.3, -0.25) is 9.36 Å². The van der Waals surface area contributed by atoms with E-state index >= 15 is 0 Å². The minimum absolute atomic E-state index is 0.00902. The van der Waals surface area contributed by atoms with Crippen LogP contribution in [0.4, 0.5) is 0 Å². The lowest BCUT2D eigenvalue weighted by atomic mass is 10.3. The molecule has 0 spiro atoms. The van der Waals surface area contributed by atoms with Crippen LogP contribution in [-0.2, 0) is 6.54 Å². The van der Waals surface area contributed by atoms with Gasteiger partial charge in [-0.05, 0) is 48.1 Å². The van der Waals surface area contributed by atoms with Gasteiger partial charge in [0.15, 0.2) is 0 Å². The zero-order chi connectivity index (χ0) is 12.8. The number of hydrogen-bond donors (Lipinski definition) is 1. The third kappa shape index (κ3) is 4.23. The third-order valence-electron chi connectivity index (χ3n) is 2.39. The van der Waals surface area contributed by atoms with Gasteiger partial charge in [-0.2, -0.15) is 0 Å². The van der Waals surface area contributed by atoms with Crippen LogP contribution in [-0.4, -0.2) is 22.6 Å². The van der Waals surface area contributed by atoms with Crippen LogP contribution >= 0.6 is 22.6 Å². The number of hydrogen-bond acceptors (Lipinski definition) is 3. The number of aryl methyl sites for hydroxylation is 1. The van der Waals surface area contributed by atoms with Gasteiger partial charge < -0.3 is 5.32 Å². The molecule has 0 saturated carbocycles. The van der Waals surface area contributed by atoms with Crippen molar-refractivity contribution in [1.82, 2.24) is 14.9 Å². The topological polar surface area (TPSA) is 46.9 Å². The van der Waals surface area contributed by atoms with Crippen LogP contribution in [0.2, 0.25) is 0 Å². The third-order valence-corrected chi connectivity index (χ3v) is 3.13. The van der Waals surface area contributed by atoms with Crippen molar-refractivity contribution in [3.05, 3.63) is 38.1 Å². The molecule has 5 heteroatoms. The van der Waals surface area contributed by atoms with E-state index in [9.17, 15) is 4.79 Å². The molecule has 0 radical (unpaired) electrons. The summed E-state index contributed by atoms with van der Waals surface area (Å²) in [6, 6.07) is 0. The smallest absolute Gasteiger partial charge is 0.267 e. The molecule has 0 atom stereocenters. The Morgan fingerprint density at radius 1 is 1.65 bits per heavy atom. The van der Waals surface area contributed by atoms with Crippen LogP contribution in [0.5, 0.6) is 0 Å². The Balaban J connectivity index is 2.71. The van der Waals surface area contributed by atoms with E-state index < -0.39 is 0 Å². The molecule has 17 heavy (non-hydrogen) atoms. The average molecular weight is 347 g/mol. The fourth-order valence-electron chi connectivity index (χ4n) is 1.46. The van der Waals surface area contributed by atoms with Gasteiger partial charge in [-0.15, -0.1) is 0 Å². The fourth-order valence-corrected chi connectivity index (χ4v) is 1.89. The van der Waals surface area contributed by atoms with Crippen molar-refractivity contribution < 1.29 is 0 Å². The first-order chi connectivity index (χ1) is 8.06. The van der Waals surface area contributed by atoms with Gasteiger partial charge >= 0.3 is 0 Å². The summed E-state index contributed by atoms with van der Waals surface area (Å²) < 4.78 is 2.31. The fraction of sp³-hybridized carbons (Fsp3) is 0.500. The van der Waals surface area contributed by atoms with E-state index in [1.807, 2.05) is 29.5 Å². The van der Waals surface area contributed by atoms with E-state index in [4.69, 9.17) is 0 Å². The Morgan fingerprint density at radius 3 is 3.00 bits per heavy atom. The number of nitrogens with zero attached hydrogens (tertiary/aromatic N) is 2. The second-order valence-corrected chi connectivity index (χ2v) is 5.13. The van der Waals surface area contributed by atoms with Crippen LogP contribution in [0.3, 0.4) is 0 Å². The molecule has 0 bridgehead atoms. The zero-order valence-corrected chi connectivity index (χ0v) is 12.5. The average Bonchev–Trinajstić information content (AvgIpc) is 2.30. The van der Waals surface area contributed by atoms with Crippen LogP contribution in [0.1, 0.15) is 19.2 Å². The van der Waals surface area contributed by atoms with Gasteiger partial charge in [-0.25, -0.2) is 4.98 Å². The summed E-state index contributed by atoms with van der Waals surface area (Å²) in [5.41, 5.74) is 1.00.